The fourth-order valence-electron chi connectivity index (χ4n) is 4.60. The zero-order valence-electron chi connectivity index (χ0n) is 15.7. The molecule has 0 bridgehead atoms. The Morgan fingerprint density at radius 1 is 1.00 bits per heavy atom. The molecular formula is C22H38. The van der Waals surface area contributed by atoms with Gasteiger partial charge in [-0.2, -0.15) is 0 Å². The molecule has 2 rings (SSSR count). The maximum atomic E-state index is 3.70. The molecule has 6 unspecified atom stereocenters. The van der Waals surface area contributed by atoms with Gasteiger partial charge < -0.3 is 0 Å². The van der Waals surface area contributed by atoms with Gasteiger partial charge in [0, 0.05) is 11.8 Å². The SMILES string of the molecule is CCCCCC(C)C1C2C#CC(C)C(CCC(C)C)CCC21. The van der Waals surface area contributed by atoms with Crippen molar-refractivity contribution >= 4 is 0 Å². The Bertz CT molecular complexity index is 383. The van der Waals surface area contributed by atoms with Gasteiger partial charge in [0.05, 0.1) is 0 Å². The van der Waals surface area contributed by atoms with Gasteiger partial charge in [-0.3, -0.25) is 0 Å². The molecular weight excluding hydrogens is 264 g/mol. The van der Waals surface area contributed by atoms with Crippen LogP contribution in [0.5, 0.6) is 0 Å². The fourth-order valence-corrected chi connectivity index (χ4v) is 4.60. The van der Waals surface area contributed by atoms with Crippen molar-refractivity contribution in [1.29, 1.82) is 0 Å². The lowest BCUT2D eigenvalue weighted by Gasteiger charge is -2.22. The molecule has 0 heteroatoms. The van der Waals surface area contributed by atoms with Crippen LogP contribution >= 0.6 is 0 Å². The average Bonchev–Trinajstić information content (AvgIpc) is 3.15. The van der Waals surface area contributed by atoms with Crippen molar-refractivity contribution < 1.29 is 0 Å². The Morgan fingerprint density at radius 2 is 1.77 bits per heavy atom. The molecule has 0 aromatic rings. The Hall–Kier alpha value is -0.440. The largest absolute Gasteiger partial charge is 0.0996 e. The monoisotopic (exact) mass is 302 g/mol. The zero-order valence-corrected chi connectivity index (χ0v) is 15.7. The maximum Gasteiger partial charge on any atom is 0.0268 e. The summed E-state index contributed by atoms with van der Waals surface area (Å²) in [5.74, 6) is 13.2. The molecule has 1 fully saturated rings. The minimum atomic E-state index is 0.622. The molecule has 0 N–H and O–H groups in total. The lowest BCUT2D eigenvalue weighted by Crippen LogP contribution is -2.13. The van der Waals surface area contributed by atoms with Crippen LogP contribution < -0.4 is 0 Å². The van der Waals surface area contributed by atoms with Gasteiger partial charge in [0.25, 0.3) is 0 Å². The molecule has 0 radical (unpaired) electrons. The van der Waals surface area contributed by atoms with E-state index in [4.69, 9.17) is 0 Å². The Balaban J connectivity index is 1.85. The second kappa shape index (κ2) is 8.42. The van der Waals surface area contributed by atoms with E-state index in [1.54, 1.807) is 0 Å². The highest BCUT2D eigenvalue weighted by Crippen LogP contribution is 2.55. The van der Waals surface area contributed by atoms with Gasteiger partial charge >= 0.3 is 0 Å². The van der Waals surface area contributed by atoms with Crippen molar-refractivity contribution in [2.75, 3.05) is 0 Å². The standard InChI is InChI=1S/C22H38/c1-6-7-8-9-18(5)22-20-14-11-17(4)19(12-10-16(2)3)13-15-21(20)22/h16-22H,6-10,12-13,15H2,1-5H3. The van der Waals surface area contributed by atoms with E-state index in [2.05, 4.69) is 46.5 Å². The summed E-state index contributed by atoms with van der Waals surface area (Å²) in [6, 6.07) is 0. The van der Waals surface area contributed by atoms with Gasteiger partial charge in [-0.25, -0.2) is 0 Å². The third-order valence-corrected chi connectivity index (χ3v) is 6.32. The number of hydrogen-bond donors (Lipinski definition) is 0. The first-order valence-electron chi connectivity index (χ1n) is 10.1. The van der Waals surface area contributed by atoms with E-state index in [0.29, 0.717) is 5.92 Å². The molecule has 0 saturated heterocycles. The summed E-state index contributed by atoms with van der Waals surface area (Å²) in [5, 5.41) is 0. The summed E-state index contributed by atoms with van der Waals surface area (Å²) >= 11 is 0. The third kappa shape index (κ3) is 4.78. The summed E-state index contributed by atoms with van der Waals surface area (Å²) in [6.07, 6.45) is 11.3. The van der Waals surface area contributed by atoms with Crippen LogP contribution in [0.3, 0.4) is 0 Å². The summed E-state index contributed by atoms with van der Waals surface area (Å²) in [4.78, 5) is 0. The summed E-state index contributed by atoms with van der Waals surface area (Å²) in [6.45, 7) is 11.9. The first kappa shape index (κ1) is 17.9. The summed E-state index contributed by atoms with van der Waals surface area (Å²) in [7, 11) is 0. The zero-order chi connectivity index (χ0) is 16.1. The highest BCUT2D eigenvalue weighted by Gasteiger charge is 2.51. The van der Waals surface area contributed by atoms with Gasteiger partial charge in [0.1, 0.15) is 0 Å². The van der Waals surface area contributed by atoms with Gasteiger partial charge in [-0.15, -0.1) is 0 Å². The van der Waals surface area contributed by atoms with E-state index in [-0.39, 0.29) is 0 Å². The molecule has 2 aliphatic rings. The van der Waals surface area contributed by atoms with Crippen LogP contribution in [-0.4, -0.2) is 0 Å². The van der Waals surface area contributed by atoms with Crippen LogP contribution in [0.2, 0.25) is 0 Å². The molecule has 0 aromatic heterocycles. The van der Waals surface area contributed by atoms with Gasteiger partial charge in [-0.1, -0.05) is 78.6 Å². The molecule has 6 atom stereocenters. The molecule has 0 spiro atoms. The number of rotatable bonds is 8. The molecule has 22 heavy (non-hydrogen) atoms. The fraction of sp³-hybridized carbons (Fsp3) is 0.909. The lowest BCUT2D eigenvalue weighted by atomic mass is 9.83. The second-order valence-electron chi connectivity index (χ2n) is 8.63. The second-order valence-corrected chi connectivity index (χ2v) is 8.63. The highest BCUT2D eigenvalue weighted by molar-refractivity contribution is 5.20. The number of hydrogen-bond acceptors (Lipinski definition) is 0. The molecule has 2 aliphatic carbocycles. The van der Waals surface area contributed by atoms with Crippen molar-refractivity contribution in [3.63, 3.8) is 0 Å². The first-order chi connectivity index (χ1) is 10.5. The number of unbranched alkanes of at least 4 members (excludes halogenated alkanes) is 2. The quantitative estimate of drug-likeness (QED) is 0.352. The third-order valence-electron chi connectivity index (χ3n) is 6.32. The van der Waals surface area contributed by atoms with Crippen LogP contribution in [0.4, 0.5) is 0 Å². The van der Waals surface area contributed by atoms with E-state index in [1.165, 1.54) is 51.4 Å². The van der Waals surface area contributed by atoms with E-state index in [1.807, 2.05) is 0 Å². The molecule has 0 heterocycles. The Kier molecular flexibility index (Phi) is 6.86. The van der Waals surface area contributed by atoms with E-state index in [0.717, 1.165) is 35.5 Å². The maximum absolute atomic E-state index is 3.70. The number of fused-ring (bicyclic) bond motifs is 1. The Labute approximate surface area is 139 Å². The van der Waals surface area contributed by atoms with E-state index < -0.39 is 0 Å². The topological polar surface area (TPSA) is 0 Å². The van der Waals surface area contributed by atoms with Crippen LogP contribution in [0.1, 0.15) is 86.0 Å². The van der Waals surface area contributed by atoms with E-state index >= 15 is 0 Å². The highest BCUT2D eigenvalue weighted by atomic mass is 14.5. The van der Waals surface area contributed by atoms with Gasteiger partial charge in [0.2, 0.25) is 0 Å². The molecule has 1 saturated carbocycles. The predicted octanol–water partition coefficient (Wildman–Crippen LogP) is 6.55. The van der Waals surface area contributed by atoms with Crippen molar-refractivity contribution in [2.45, 2.75) is 86.0 Å². The average molecular weight is 303 g/mol. The molecule has 0 amide bonds. The molecule has 0 aliphatic heterocycles. The van der Waals surface area contributed by atoms with Crippen LogP contribution in [0.25, 0.3) is 0 Å². The van der Waals surface area contributed by atoms with Crippen LogP contribution in [0.15, 0.2) is 0 Å². The molecule has 0 aromatic carbocycles. The lowest BCUT2D eigenvalue weighted by molar-refractivity contribution is 0.319. The van der Waals surface area contributed by atoms with Crippen molar-refractivity contribution in [1.82, 2.24) is 0 Å². The van der Waals surface area contributed by atoms with Crippen molar-refractivity contribution in [3.05, 3.63) is 0 Å². The molecule has 0 nitrogen and oxygen atoms in total. The van der Waals surface area contributed by atoms with Crippen molar-refractivity contribution in [2.24, 2.45) is 41.4 Å². The van der Waals surface area contributed by atoms with Crippen LogP contribution in [0, 0.1) is 53.3 Å². The van der Waals surface area contributed by atoms with Crippen molar-refractivity contribution in [3.8, 4) is 11.8 Å². The smallest absolute Gasteiger partial charge is 0.0268 e. The predicted molar refractivity (Wildman–Crippen MR) is 97.5 cm³/mol. The summed E-state index contributed by atoms with van der Waals surface area (Å²) in [5.41, 5.74) is 0. The normalized spacial score (nSPS) is 35.1. The first-order valence-corrected chi connectivity index (χ1v) is 10.1. The van der Waals surface area contributed by atoms with Crippen LogP contribution in [-0.2, 0) is 0 Å². The van der Waals surface area contributed by atoms with Gasteiger partial charge in [0.15, 0.2) is 0 Å². The Morgan fingerprint density at radius 3 is 2.45 bits per heavy atom. The van der Waals surface area contributed by atoms with Gasteiger partial charge in [-0.05, 0) is 48.9 Å². The minimum Gasteiger partial charge on any atom is -0.0996 e. The summed E-state index contributed by atoms with van der Waals surface area (Å²) < 4.78 is 0. The van der Waals surface area contributed by atoms with E-state index in [9.17, 15) is 0 Å². The molecule has 126 valence electrons. The minimum absolute atomic E-state index is 0.622.